The smallest absolute Gasteiger partial charge is 0.257 e. The number of nitrogens with one attached hydrogen (secondary N) is 2. The van der Waals surface area contributed by atoms with E-state index in [-0.39, 0.29) is 24.4 Å². The minimum atomic E-state index is -0.150. The van der Waals surface area contributed by atoms with E-state index in [4.69, 9.17) is 9.72 Å². The maximum Gasteiger partial charge on any atom is 0.257 e. The van der Waals surface area contributed by atoms with Crippen LogP contribution in [0.2, 0.25) is 0 Å². The number of carbonyl (C=O) groups excluding carboxylic acids is 1. The maximum absolute atomic E-state index is 13.0. The van der Waals surface area contributed by atoms with Gasteiger partial charge in [0.25, 0.3) is 5.91 Å². The number of benzene rings is 2. The van der Waals surface area contributed by atoms with Gasteiger partial charge in [0.2, 0.25) is 5.88 Å². The van der Waals surface area contributed by atoms with Gasteiger partial charge in [0.15, 0.2) is 0 Å². The number of fused-ring (bicyclic) bond motifs is 1. The summed E-state index contributed by atoms with van der Waals surface area (Å²) in [6, 6.07) is 24.0. The first-order chi connectivity index (χ1) is 16.6. The second-order valence-electron chi connectivity index (χ2n) is 8.83. The molecule has 5 rings (SSSR count). The second-order valence-corrected chi connectivity index (χ2v) is 8.83. The molecular weight excluding hydrogens is 460 g/mol. The molecule has 0 spiro atoms. The van der Waals surface area contributed by atoms with E-state index in [1.165, 1.54) is 0 Å². The summed E-state index contributed by atoms with van der Waals surface area (Å²) < 4.78 is 5.93. The molecule has 4 aromatic rings. The lowest BCUT2D eigenvalue weighted by Crippen LogP contribution is -2.40. The fourth-order valence-corrected chi connectivity index (χ4v) is 4.44. The molecule has 1 aliphatic carbocycles. The van der Waals surface area contributed by atoms with Crippen molar-refractivity contribution in [1.29, 1.82) is 0 Å². The number of ether oxygens (including phenoxy) is 1. The van der Waals surface area contributed by atoms with Crippen molar-refractivity contribution in [2.45, 2.75) is 44.7 Å². The molecule has 0 bridgehead atoms. The van der Waals surface area contributed by atoms with Crippen molar-refractivity contribution in [3.63, 3.8) is 0 Å². The molecule has 0 unspecified atom stereocenters. The zero-order valence-corrected chi connectivity index (χ0v) is 20.4. The fraction of sp³-hybridized carbons (Fsp3) is 0.250. The van der Waals surface area contributed by atoms with Crippen molar-refractivity contribution in [3.05, 3.63) is 90.1 Å². The Labute approximate surface area is 211 Å². The van der Waals surface area contributed by atoms with E-state index in [1.54, 1.807) is 18.3 Å². The number of anilines is 1. The molecule has 2 heterocycles. The molecule has 0 aliphatic heterocycles. The highest BCUT2D eigenvalue weighted by molar-refractivity contribution is 5.96. The van der Waals surface area contributed by atoms with Gasteiger partial charge in [0.05, 0.1) is 5.52 Å². The summed E-state index contributed by atoms with van der Waals surface area (Å²) in [6.45, 7) is 2.00. The van der Waals surface area contributed by atoms with E-state index >= 15 is 0 Å². The van der Waals surface area contributed by atoms with Gasteiger partial charge >= 0.3 is 0 Å². The molecule has 2 aromatic carbocycles. The third-order valence-corrected chi connectivity index (χ3v) is 6.23. The Morgan fingerprint density at radius 2 is 1.71 bits per heavy atom. The normalized spacial score (nSPS) is 17.3. The maximum atomic E-state index is 13.0. The van der Waals surface area contributed by atoms with E-state index in [0.717, 1.165) is 48.0 Å². The lowest BCUT2D eigenvalue weighted by Gasteiger charge is -2.30. The van der Waals surface area contributed by atoms with Crippen molar-refractivity contribution in [2.24, 2.45) is 0 Å². The fourth-order valence-electron chi connectivity index (χ4n) is 4.44. The molecule has 6 nitrogen and oxygen atoms in total. The van der Waals surface area contributed by atoms with E-state index in [2.05, 4.69) is 27.8 Å². The van der Waals surface area contributed by atoms with Crippen molar-refractivity contribution >= 4 is 35.0 Å². The third-order valence-electron chi connectivity index (χ3n) is 6.23. The molecule has 7 heteroatoms. The van der Waals surface area contributed by atoms with E-state index in [9.17, 15) is 4.79 Å². The molecule has 35 heavy (non-hydrogen) atoms. The third kappa shape index (κ3) is 6.08. The zero-order chi connectivity index (χ0) is 23.3. The molecule has 180 valence electrons. The van der Waals surface area contributed by atoms with Crippen LogP contribution in [0.5, 0.6) is 11.6 Å². The predicted molar refractivity (Wildman–Crippen MR) is 142 cm³/mol. The van der Waals surface area contributed by atoms with Gasteiger partial charge in [-0.25, -0.2) is 9.97 Å². The molecule has 2 N–H and O–H groups in total. The minimum absolute atomic E-state index is 0. The number of aryl methyl sites for hydroxylation is 1. The Bertz CT molecular complexity index is 1300. The summed E-state index contributed by atoms with van der Waals surface area (Å²) in [4.78, 5) is 22.1. The molecule has 1 aliphatic rings. The first-order valence-electron chi connectivity index (χ1n) is 11.8. The number of hydrogen-bond donors (Lipinski definition) is 2. The number of aromatic nitrogens is 2. The lowest BCUT2D eigenvalue weighted by molar-refractivity contribution is 0.0923. The van der Waals surface area contributed by atoms with Crippen LogP contribution in [0.1, 0.15) is 41.6 Å². The topological polar surface area (TPSA) is 76.1 Å². The van der Waals surface area contributed by atoms with Crippen LogP contribution >= 0.6 is 12.4 Å². The SMILES string of the molecule is Cc1cccc(Oc2ncccc2C(=O)N[C@H]2CC[C@@H](Nc3ccc4ccccc4n3)CC2)c1.Cl. The van der Waals surface area contributed by atoms with Gasteiger partial charge in [0.1, 0.15) is 17.1 Å². The van der Waals surface area contributed by atoms with Crippen LogP contribution < -0.4 is 15.4 Å². The monoisotopic (exact) mass is 488 g/mol. The highest BCUT2D eigenvalue weighted by Gasteiger charge is 2.24. The van der Waals surface area contributed by atoms with Crippen molar-refractivity contribution < 1.29 is 9.53 Å². The largest absolute Gasteiger partial charge is 0.438 e. The van der Waals surface area contributed by atoms with Gasteiger partial charge in [-0.3, -0.25) is 4.79 Å². The summed E-state index contributed by atoms with van der Waals surface area (Å²) in [5.41, 5.74) is 2.53. The van der Waals surface area contributed by atoms with Crippen LogP contribution in [0.4, 0.5) is 5.82 Å². The van der Waals surface area contributed by atoms with Gasteiger partial charge in [0, 0.05) is 23.7 Å². The van der Waals surface area contributed by atoms with E-state index in [1.807, 2.05) is 55.5 Å². The van der Waals surface area contributed by atoms with Crippen molar-refractivity contribution in [2.75, 3.05) is 5.32 Å². The number of pyridine rings is 2. The van der Waals surface area contributed by atoms with Crippen LogP contribution in [0, 0.1) is 6.92 Å². The Morgan fingerprint density at radius 1 is 0.914 bits per heavy atom. The summed E-state index contributed by atoms with van der Waals surface area (Å²) in [6.07, 6.45) is 5.40. The number of halogens is 1. The van der Waals surface area contributed by atoms with Crippen molar-refractivity contribution in [3.8, 4) is 11.6 Å². The Morgan fingerprint density at radius 3 is 2.54 bits per heavy atom. The number of rotatable bonds is 6. The number of amides is 1. The van der Waals surface area contributed by atoms with Crippen LogP contribution in [0.25, 0.3) is 10.9 Å². The Kier molecular flexibility index (Phi) is 7.83. The second kappa shape index (κ2) is 11.2. The average molecular weight is 489 g/mol. The van der Waals surface area contributed by atoms with Crippen LogP contribution in [-0.2, 0) is 0 Å². The van der Waals surface area contributed by atoms with Crippen LogP contribution in [0.15, 0.2) is 79.0 Å². The summed E-state index contributed by atoms with van der Waals surface area (Å²) in [7, 11) is 0. The minimum Gasteiger partial charge on any atom is -0.438 e. The average Bonchev–Trinajstić information content (AvgIpc) is 2.85. The number of para-hydroxylation sites is 1. The number of nitrogens with zero attached hydrogens (tertiary/aromatic N) is 2. The highest BCUT2D eigenvalue weighted by atomic mass is 35.5. The molecule has 0 radical (unpaired) electrons. The van der Waals surface area contributed by atoms with Crippen LogP contribution in [-0.4, -0.2) is 28.0 Å². The standard InChI is InChI=1S/C28H28N4O2.ClH/c1-19-6-4-8-23(18-19)34-28-24(9-5-17-29-28)27(33)31-22-14-12-21(13-15-22)30-26-16-11-20-7-2-3-10-25(20)32-26;/h2-11,16-18,21-22H,12-15H2,1H3,(H,30,32)(H,31,33);1H/t21-,22+;. The molecular formula is C28H29ClN4O2. The van der Waals surface area contributed by atoms with E-state index in [0.29, 0.717) is 23.2 Å². The first kappa shape index (κ1) is 24.5. The van der Waals surface area contributed by atoms with Gasteiger partial charge < -0.3 is 15.4 Å². The predicted octanol–water partition coefficient (Wildman–Crippen LogP) is 6.31. The van der Waals surface area contributed by atoms with Gasteiger partial charge in [-0.05, 0) is 80.6 Å². The van der Waals surface area contributed by atoms with Crippen molar-refractivity contribution in [1.82, 2.24) is 15.3 Å². The zero-order valence-electron chi connectivity index (χ0n) is 19.6. The molecule has 2 aromatic heterocycles. The summed E-state index contributed by atoms with van der Waals surface area (Å²) >= 11 is 0. The van der Waals surface area contributed by atoms with E-state index < -0.39 is 0 Å². The summed E-state index contributed by atoms with van der Waals surface area (Å²) in [5.74, 6) is 1.74. The quantitative estimate of drug-likeness (QED) is 0.333. The van der Waals surface area contributed by atoms with Crippen LogP contribution in [0.3, 0.4) is 0 Å². The highest BCUT2D eigenvalue weighted by Crippen LogP contribution is 2.26. The molecule has 0 atom stereocenters. The lowest BCUT2D eigenvalue weighted by atomic mass is 9.91. The van der Waals surface area contributed by atoms with Gasteiger partial charge in [-0.1, -0.05) is 30.3 Å². The first-order valence-corrected chi connectivity index (χ1v) is 11.8. The number of carbonyl (C=O) groups is 1. The van der Waals surface area contributed by atoms with Gasteiger partial charge in [-0.15, -0.1) is 12.4 Å². The molecule has 0 saturated heterocycles. The molecule has 1 fully saturated rings. The Balaban J connectivity index is 0.00000289. The molecule has 1 amide bonds. The number of hydrogen-bond acceptors (Lipinski definition) is 5. The summed E-state index contributed by atoms with van der Waals surface area (Å²) in [5, 5.41) is 7.88. The van der Waals surface area contributed by atoms with Gasteiger partial charge in [-0.2, -0.15) is 0 Å². The Hall–Kier alpha value is -3.64. The molecule has 1 saturated carbocycles.